The van der Waals surface area contributed by atoms with Gasteiger partial charge in [-0.2, -0.15) is 5.26 Å². The molecular weight excluding hydrogens is 218 g/mol. The second-order valence-corrected chi connectivity index (χ2v) is 3.59. The van der Waals surface area contributed by atoms with Crippen LogP contribution in [0.1, 0.15) is 5.56 Å². The van der Waals surface area contributed by atoms with Gasteiger partial charge in [0.05, 0.1) is 11.6 Å². The van der Waals surface area contributed by atoms with Gasteiger partial charge in [-0.1, -0.05) is 0 Å². The average Bonchev–Trinajstić information content (AvgIpc) is 2.37. The summed E-state index contributed by atoms with van der Waals surface area (Å²) >= 11 is 0. The van der Waals surface area contributed by atoms with E-state index in [4.69, 9.17) is 15.7 Å². The molecule has 92 valence electrons. The van der Waals surface area contributed by atoms with E-state index in [1.165, 1.54) is 0 Å². The maximum atomic E-state index is 9.56. The van der Waals surface area contributed by atoms with E-state index in [0.29, 0.717) is 30.9 Å². The normalized spacial score (nSPS) is 11.8. The lowest BCUT2D eigenvalue weighted by molar-refractivity contribution is 0.107. The highest BCUT2D eigenvalue weighted by Gasteiger charge is 2.04. The number of hydrogen-bond acceptors (Lipinski definition) is 5. The van der Waals surface area contributed by atoms with Crippen molar-refractivity contribution in [2.75, 3.05) is 26.2 Å². The Morgan fingerprint density at radius 1 is 1.41 bits per heavy atom. The standard InChI is InChI=1S/C12H17N3O2/c13-5-6-15-8-11(16)9-17-12-3-1-10(7-14)2-4-12/h1-4,11,15-16H,5-6,8-9,13H2. The number of nitrogens with one attached hydrogen (secondary N) is 1. The van der Waals surface area contributed by atoms with Gasteiger partial charge in [0.15, 0.2) is 0 Å². The molecule has 4 N–H and O–H groups in total. The van der Waals surface area contributed by atoms with Crippen molar-refractivity contribution in [3.63, 3.8) is 0 Å². The van der Waals surface area contributed by atoms with Crippen LogP contribution in [-0.4, -0.2) is 37.5 Å². The summed E-state index contributed by atoms with van der Waals surface area (Å²) in [5.74, 6) is 0.641. The molecule has 0 aromatic heterocycles. The maximum Gasteiger partial charge on any atom is 0.119 e. The minimum absolute atomic E-state index is 0.212. The van der Waals surface area contributed by atoms with E-state index in [0.717, 1.165) is 0 Å². The van der Waals surface area contributed by atoms with Crippen molar-refractivity contribution in [2.45, 2.75) is 6.10 Å². The lowest BCUT2D eigenvalue weighted by atomic mass is 10.2. The molecule has 0 aliphatic heterocycles. The Kier molecular flexibility index (Phi) is 6.04. The molecule has 17 heavy (non-hydrogen) atoms. The topological polar surface area (TPSA) is 91.3 Å². The van der Waals surface area contributed by atoms with E-state index in [2.05, 4.69) is 5.32 Å². The monoisotopic (exact) mass is 235 g/mol. The summed E-state index contributed by atoms with van der Waals surface area (Å²) < 4.78 is 5.37. The van der Waals surface area contributed by atoms with Crippen LogP contribution in [0.25, 0.3) is 0 Å². The van der Waals surface area contributed by atoms with Gasteiger partial charge in [0.2, 0.25) is 0 Å². The molecule has 0 aliphatic carbocycles. The fourth-order valence-electron chi connectivity index (χ4n) is 1.25. The van der Waals surface area contributed by atoms with E-state index < -0.39 is 6.10 Å². The highest BCUT2D eigenvalue weighted by molar-refractivity contribution is 5.34. The van der Waals surface area contributed by atoms with Gasteiger partial charge in [0.25, 0.3) is 0 Å². The highest BCUT2D eigenvalue weighted by atomic mass is 16.5. The van der Waals surface area contributed by atoms with E-state index >= 15 is 0 Å². The van der Waals surface area contributed by atoms with Crippen molar-refractivity contribution in [1.82, 2.24) is 5.32 Å². The number of hydrogen-bond donors (Lipinski definition) is 3. The van der Waals surface area contributed by atoms with Gasteiger partial charge in [0.1, 0.15) is 18.5 Å². The van der Waals surface area contributed by atoms with Crippen LogP contribution in [-0.2, 0) is 0 Å². The lowest BCUT2D eigenvalue weighted by Gasteiger charge is -2.12. The maximum absolute atomic E-state index is 9.56. The number of aliphatic hydroxyl groups excluding tert-OH is 1. The molecule has 0 aliphatic rings. The van der Waals surface area contributed by atoms with E-state index in [1.54, 1.807) is 24.3 Å². The Hall–Kier alpha value is -1.61. The van der Waals surface area contributed by atoms with Crippen molar-refractivity contribution < 1.29 is 9.84 Å². The number of nitrogens with zero attached hydrogens (tertiary/aromatic N) is 1. The fraction of sp³-hybridized carbons (Fsp3) is 0.417. The van der Waals surface area contributed by atoms with Gasteiger partial charge >= 0.3 is 0 Å². The number of nitriles is 1. The van der Waals surface area contributed by atoms with Crippen molar-refractivity contribution in [1.29, 1.82) is 5.26 Å². The van der Waals surface area contributed by atoms with E-state index in [1.807, 2.05) is 6.07 Å². The lowest BCUT2D eigenvalue weighted by Crippen LogP contribution is -2.34. The smallest absolute Gasteiger partial charge is 0.119 e. The third-order valence-corrected chi connectivity index (χ3v) is 2.13. The molecule has 0 saturated carbocycles. The molecule has 1 unspecified atom stereocenters. The minimum atomic E-state index is -0.572. The summed E-state index contributed by atoms with van der Waals surface area (Å²) in [5, 5.41) is 21.2. The predicted octanol–water partition coefficient (Wildman–Crippen LogP) is -0.154. The van der Waals surface area contributed by atoms with Crippen molar-refractivity contribution in [3.05, 3.63) is 29.8 Å². The molecule has 1 atom stereocenters. The highest BCUT2D eigenvalue weighted by Crippen LogP contribution is 2.11. The van der Waals surface area contributed by atoms with Crippen LogP contribution in [0, 0.1) is 11.3 Å². The molecule has 0 fully saturated rings. The average molecular weight is 235 g/mol. The first-order chi connectivity index (χ1) is 8.26. The van der Waals surface area contributed by atoms with Gasteiger partial charge < -0.3 is 20.9 Å². The number of benzene rings is 1. The predicted molar refractivity (Wildman–Crippen MR) is 64.6 cm³/mol. The Morgan fingerprint density at radius 2 is 2.12 bits per heavy atom. The van der Waals surface area contributed by atoms with Crippen LogP contribution in [0.15, 0.2) is 24.3 Å². The summed E-state index contributed by atoms with van der Waals surface area (Å²) in [5.41, 5.74) is 5.89. The number of aliphatic hydroxyl groups is 1. The summed E-state index contributed by atoms with van der Waals surface area (Å²) in [4.78, 5) is 0. The minimum Gasteiger partial charge on any atom is -0.491 e. The Labute approximate surface area is 101 Å². The molecule has 0 saturated heterocycles. The van der Waals surface area contributed by atoms with E-state index in [-0.39, 0.29) is 6.61 Å². The Bertz CT molecular complexity index is 359. The summed E-state index contributed by atoms with van der Waals surface area (Å²) in [7, 11) is 0. The largest absolute Gasteiger partial charge is 0.491 e. The van der Waals surface area contributed by atoms with Crippen LogP contribution < -0.4 is 15.8 Å². The third-order valence-electron chi connectivity index (χ3n) is 2.13. The second-order valence-electron chi connectivity index (χ2n) is 3.59. The van der Waals surface area contributed by atoms with Crippen LogP contribution >= 0.6 is 0 Å². The summed E-state index contributed by atoms with van der Waals surface area (Å²) in [6, 6.07) is 8.79. The van der Waals surface area contributed by atoms with Crippen molar-refractivity contribution >= 4 is 0 Å². The van der Waals surface area contributed by atoms with Crippen LogP contribution in [0.4, 0.5) is 0 Å². The summed E-state index contributed by atoms with van der Waals surface area (Å²) in [6.07, 6.45) is -0.572. The van der Waals surface area contributed by atoms with Gasteiger partial charge in [-0.3, -0.25) is 0 Å². The first-order valence-electron chi connectivity index (χ1n) is 5.48. The zero-order chi connectivity index (χ0) is 12.5. The Morgan fingerprint density at radius 3 is 2.71 bits per heavy atom. The quantitative estimate of drug-likeness (QED) is 0.571. The molecule has 0 heterocycles. The number of rotatable bonds is 7. The van der Waals surface area contributed by atoms with Crippen LogP contribution in [0.2, 0.25) is 0 Å². The van der Waals surface area contributed by atoms with Gasteiger partial charge in [-0.15, -0.1) is 0 Å². The van der Waals surface area contributed by atoms with Gasteiger partial charge in [-0.05, 0) is 24.3 Å². The third kappa shape index (κ3) is 5.31. The SMILES string of the molecule is N#Cc1ccc(OCC(O)CNCCN)cc1. The van der Waals surface area contributed by atoms with Crippen LogP contribution in [0.5, 0.6) is 5.75 Å². The molecule has 1 rings (SSSR count). The first kappa shape index (κ1) is 13.5. The van der Waals surface area contributed by atoms with Crippen LogP contribution in [0.3, 0.4) is 0 Å². The number of nitrogens with two attached hydrogens (primary N) is 1. The molecule has 0 spiro atoms. The van der Waals surface area contributed by atoms with Gasteiger partial charge in [-0.25, -0.2) is 0 Å². The molecule has 5 heteroatoms. The molecule has 0 amide bonds. The summed E-state index contributed by atoms with van der Waals surface area (Å²) in [6.45, 7) is 1.88. The second kappa shape index (κ2) is 7.63. The van der Waals surface area contributed by atoms with Crippen molar-refractivity contribution in [3.8, 4) is 11.8 Å². The molecule has 0 bridgehead atoms. The molecule has 5 nitrogen and oxygen atoms in total. The molecule has 0 radical (unpaired) electrons. The van der Waals surface area contributed by atoms with Gasteiger partial charge in [0, 0.05) is 19.6 Å². The Balaban J connectivity index is 2.27. The zero-order valence-electron chi connectivity index (χ0n) is 9.60. The number of ether oxygens (including phenoxy) is 1. The fourth-order valence-corrected chi connectivity index (χ4v) is 1.25. The first-order valence-corrected chi connectivity index (χ1v) is 5.48. The van der Waals surface area contributed by atoms with E-state index in [9.17, 15) is 5.11 Å². The molecular formula is C12H17N3O2. The molecule has 1 aromatic rings. The zero-order valence-corrected chi connectivity index (χ0v) is 9.60. The molecule has 1 aromatic carbocycles. The van der Waals surface area contributed by atoms with Crippen molar-refractivity contribution in [2.24, 2.45) is 5.73 Å².